The molecule has 3 aromatic rings. The van der Waals surface area contributed by atoms with Crippen molar-refractivity contribution in [3.63, 3.8) is 0 Å². The molecule has 0 amide bonds. The molecule has 1 heterocycles. The number of aryl methyl sites for hydroxylation is 1. The lowest BCUT2D eigenvalue weighted by molar-refractivity contribution is -0.176. The minimum atomic E-state index is -0.754. The minimum Gasteiger partial charge on any atom is -0.389 e. The molecule has 2 aliphatic rings. The summed E-state index contributed by atoms with van der Waals surface area (Å²) in [5, 5.41) is 15.4. The lowest BCUT2D eigenvalue weighted by atomic mass is 9.80. The Labute approximate surface area is 179 Å². The van der Waals surface area contributed by atoms with Gasteiger partial charge in [-0.25, -0.2) is 0 Å². The van der Waals surface area contributed by atoms with Crippen LogP contribution in [0.2, 0.25) is 0 Å². The molecular weight excluding hydrogens is 394 g/mol. The van der Waals surface area contributed by atoms with E-state index in [0.717, 1.165) is 16.3 Å². The van der Waals surface area contributed by atoms with E-state index in [1.165, 1.54) is 0 Å². The van der Waals surface area contributed by atoms with Crippen molar-refractivity contribution < 1.29 is 24.2 Å². The van der Waals surface area contributed by atoms with Crippen molar-refractivity contribution in [1.29, 1.82) is 0 Å². The number of benzene rings is 3. The summed E-state index contributed by atoms with van der Waals surface area (Å²) in [6.07, 6.45) is -0.770. The van der Waals surface area contributed by atoms with Crippen LogP contribution >= 0.6 is 0 Å². The van der Waals surface area contributed by atoms with Gasteiger partial charge in [0.25, 0.3) is 0 Å². The summed E-state index contributed by atoms with van der Waals surface area (Å²) in [5.41, 5.74) is 3.22. The Morgan fingerprint density at radius 3 is 2.61 bits per heavy atom. The van der Waals surface area contributed by atoms with Crippen molar-refractivity contribution >= 4 is 28.0 Å². The number of methoxy groups -OCH3 is 1. The molecule has 3 aromatic carbocycles. The average Bonchev–Trinajstić information content (AvgIpc) is 2.78. The number of ketones is 2. The number of ether oxygens (including phenoxy) is 2. The summed E-state index contributed by atoms with van der Waals surface area (Å²) >= 11 is 0. The zero-order chi connectivity index (χ0) is 21.7. The maximum Gasteiger partial charge on any atom is 0.196 e. The van der Waals surface area contributed by atoms with Crippen LogP contribution in [0.15, 0.2) is 48.5 Å². The highest BCUT2D eigenvalue weighted by atomic mass is 16.7. The van der Waals surface area contributed by atoms with E-state index < -0.39 is 12.4 Å². The van der Waals surface area contributed by atoms with E-state index in [9.17, 15) is 14.7 Å². The summed E-state index contributed by atoms with van der Waals surface area (Å²) in [5.74, 6) is -0.356. The van der Waals surface area contributed by atoms with Gasteiger partial charge < -0.3 is 19.9 Å². The van der Waals surface area contributed by atoms with Crippen molar-refractivity contribution in [2.45, 2.75) is 31.8 Å². The predicted octanol–water partition coefficient (Wildman–Crippen LogP) is 3.46. The summed E-state index contributed by atoms with van der Waals surface area (Å²) in [7, 11) is 1.55. The number of nitrogens with one attached hydrogen (secondary N) is 1. The third-order valence-corrected chi connectivity index (χ3v) is 6.15. The Hall–Kier alpha value is -3.06. The number of fused-ring (bicyclic) bond motifs is 4. The van der Waals surface area contributed by atoms with Gasteiger partial charge in [-0.3, -0.25) is 9.59 Å². The molecule has 1 aliphatic carbocycles. The van der Waals surface area contributed by atoms with Gasteiger partial charge in [-0.15, -0.1) is 0 Å². The van der Waals surface area contributed by atoms with Crippen molar-refractivity contribution in [3.05, 3.63) is 76.3 Å². The van der Waals surface area contributed by atoms with E-state index in [1.807, 2.05) is 31.2 Å². The van der Waals surface area contributed by atoms with E-state index in [0.29, 0.717) is 34.4 Å². The third-order valence-electron chi connectivity index (χ3n) is 6.15. The molecule has 0 aromatic heterocycles. The van der Waals surface area contributed by atoms with Gasteiger partial charge in [-0.1, -0.05) is 42.0 Å². The molecule has 1 aliphatic heterocycles. The second-order valence-electron chi connectivity index (χ2n) is 8.15. The van der Waals surface area contributed by atoms with Crippen LogP contribution in [0.1, 0.15) is 43.8 Å². The zero-order valence-corrected chi connectivity index (χ0v) is 17.3. The van der Waals surface area contributed by atoms with E-state index in [4.69, 9.17) is 9.47 Å². The second kappa shape index (κ2) is 7.57. The number of carbonyl (C=O) groups excluding carboxylic acids is 2. The fraction of sp³-hybridized carbons (Fsp3) is 0.280. The van der Waals surface area contributed by atoms with Gasteiger partial charge in [0.15, 0.2) is 17.9 Å². The van der Waals surface area contributed by atoms with E-state index >= 15 is 0 Å². The molecule has 3 unspecified atom stereocenters. The maximum absolute atomic E-state index is 13.5. The Morgan fingerprint density at radius 2 is 1.81 bits per heavy atom. The number of carbonyl (C=O) groups is 2. The molecule has 158 valence electrons. The summed E-state index contributed by atoms with van der Waals surface area (Å²) in [6.45, 7) is 2.13. The first kappa shape index (κ1) is 19.9. The number of anilines is 1. The second-order valence-corrected chi connectivity index (χ2v) is 8.15. The molecule has 1 saturated heterocycles. The molecule has 1 fully saturated rings. The van der Waals surface area contributed by atoms with Crippen LogP contribution in [-0.4, -0.2) is 48.8 Å². The van der Waals surface area contributed by atoms with Gasteiger partial charge in [-0.05, 0) is 29.8 Å². The van der Waals surface area contributed by atoms with Gasteiger partial charge in [0, 0.05) is 35.9 Å². The highest BCUT2D eigenvalue weighted by Crippen LogP contribution is 2.36. The molecule has 0 saturated carbocycles. The number of hydrogen-bond donors (Lipinski definition) is 2. The Morgan fingerprint density at radius 1 is 1.03 bits per heavy atom. The summed E-state index contributed by atoms with van der Waals surface area (Å²) in [4.78, 5) is 27.0. The standard InChI is InChI=1S/C25H23NO5/c1-13-6-8-15-14(10-13)7-9-17-22(15)24(28)16-4-3-5-18(23(16)25(17)29)26-19-11-21(30-2)31-12-20(19)27/h3-10,19-21,26-27H,11-12H2,1-2H3. The number of aliphatic hydroxyl groups is 1. The predicted molar refractivity (Wildman–Crippen MR) is 117 cm³/mol. The number of hydrogen-bond acceptors (Lipinski definition) is 6. The van der Waals surface area contributed by atoms with Crippen LogP contribution in [-0.2, 0) is 9.47 Å². The van der Waals surface area contributed by atoms with Gasteiger partial charge in [0.2, 0.25) is 0 Å². The van der Waals surface area contributed by atoms with Crippen LogP contribution in [0.25, 0.3) is 10.8 Å². The summed E-state index contributed by atoms with van der Waals surface area (Å²) < 4.78 is 10.7. The smallest absolute Gasteiger partial charge is 0.196 e. The Balaban J connectivity index is 1.59. The highest BCUT2D eigenvalue weighted by Gasteiger charge is 2.35. The number of rotatable bonds is 3. The molecule has 0 radical (unpaired) electrons. The van der Waals surface area contributed by atoms with Crippen LogP contribution in [0.3, 0.4) is 0 Å². The van der Waals surface area contributed by atoms with E-state index in [-0.39, 0.29) is 24.2 Å². The molecule has 0 spiro atoms. The van der Waals surface area contributed by atoms with Crippen LogP contribution in [0.4, 0.5) is 5.69 Å². The molecule has 6 heteroatoms. The minimum absolute atomic E-state index is 0.131. The van der Waals surface area contributed by atoms with Crippen LogP contribution in [0.5, 0.6) is 0 Å². The Bertz CT molecular complexity index is 1220. The Kier molecular flexibility index (Phi) is 4.85. The molecule has 5 rings (SSSR count). The maximum atomic E-state index is 13.5. The van der Waals surface area contributed by atoms with Gasteiger partial charge in [0.1, 0.15) is 0 Å². The number of aliphatic hydroxyl groups excluding tert-OH is 1. The molecule has 2 N–H and O–H groups in total. The van der Waals surface area contributed by atoms with Gasteiger partial charge in [-0.2, -0.15) is 0 Å². The van der Waals surface area contributed by atoms with Gasteiger partial charge >= 0.3 is 0 Å². The highest BCUT2D eigenvalue weighted by molar-refractivity contribution is 6.33. The molecule has 31 heavy (non-hydrogen) atoms. The van der Waals surface area contributed by atoms with Crippen LogP contribution in [0, 0.1) is 6.92 Å². The third kappa shape index (κ3) is 3.24. The van der Waals surface area contributed by atoms with Crippen molar-refractivity contribution in [3.8, 4) is 0 Å². The molecule has 3 atom stereocenters. The first-order valence-electron chi connectivity index (χ1n) is 10.3. The van der Waals surface area contributed by atoms with E-state index in [1.54, 1.807) is 31.4 Å². The van der Waals surface area contributed by atoms with Crippen molar-refractivity contribution in [2.75, 3.05) is 19.0 Å². The normalized spacial score (nSPS) is 22.9. The largest absolute Gasteiger partial charge is 0.389 e. The quantitative estimate of drug-likeness (QED) is 0.531. The van der Waals surface area contributed by atoms with Crippen LogP contribution < -0.4 is 5.32 Å². The lowest BCUT2D eigenvalue weighted by Gasteiger charge is -2.34. The van der Waals surface area contributed by atoms with E-state index in [2.05, 4.69) is 5.32 Å². The lowest BCUT2D eigenvalue weighted by Crippen LogP contribution is -2.46. The summed E-state index contributed by atoms with van der Waals surface area (Å²) in [6, 6.07) is 14.3. The molecule has 0 bridgehead atoms. The van der Waals surface area contributed by atoms with Crippen molar-refractivity contribution in [1.82, 2.24) is 0 Å². The van der Waals surface area contributed by atoms with Crippen molar-refractivity contribution in [2.24, 2.45) is 0 Å². The fourth-order valence-electron chi connectivity index (χ4n) is 4.53. The fourth-order valence-corrected chi connectivity index (χ4v) is 4.53. The monoisotopic (exact) mass is 417 g/mol. The first-order valence-corrected chi connectivity index (χ1v) is 10.3. The molecule has 6 nitrogen and oxygen atoms in total. The zero-order valence-electron chi connectivity index (χ0n) is 17.3. The van der Waals surface area contributed by atoms with Gasteiger partial charge in [0.05, 0.1) is 24.3 Å². The topological polar surface area (TPSA) is 84.9 Å². The SMILES string of the molecule is COC1CC(Nc2cccc3c2C(=O)c2ccc4cc(C)ccc4c2C3=O)C(O)CO1. The molecular formula is C25H23NO5. The average molecular weight is 417 g/mol. The first-order chi connectivity index (χ1) is 15.0.